The average molecular weight is 343 g/mol. The fraction of sp³-hybridized carbons (Fsp3) is 0.368. The van der Waals surface area contributed by atoms with Crippen LogP contribution >= 0.6 is 0 Å². The van der Waals surface area contributed by atoms with Gasteiger partial charge >= 0.3 is 0 Å². The molecule has 0 bridgehead atoms. The first-order chi connectivity index (χ1) is 12.2. The number of benzene rings is 1. The molecule has 2 rings (SSSR count). The first kappa shape index (κ1) is 18.7. The van der Waals surface area contributed by atoms with Gasteiger partial charge in [0, 0.05) is 18.9 Å². The Balaban J connectivity index is 1.58. The molecule has 0 fully saturated rings. The normalized spacial score (nSPS) is 10.5. The second kappa shape index (κ2) is 10.3. The fourth-order valence-electron chi connectivity index (χ4n) is 2.28. The van der Waals surface area contributed by atoms with Crippen molar-refractivity contribution in [2.75, 3.05) is 40.4 Å². The van der Waals surface area contributed by atoms with Gasteiger partial charge in [0.25, 0.3) is 0 Å². The predicted molar refractivity (Wildman–Crippen MR) is 96.9 cm³/mol. The van der Waals surface area contributed by atoms with E-state index in [9.17, 15) is 4.79 Å². The Morgan fingerprint density at radius 2 is 1.80 bits per heavy atom. The number of hydrogen-bond donors (Lipinski definition) is 1. The summed E-state index contributed by atoms with van der Waals surface area (Å²) in [7, 11) is 3.56. The van der Waals surface area contributed by atoms with Crippen LogP contribution in [0.15, 0.2) is 48.8 Å². The van der Waals surface area contributed by atoms with Crippen molar-refractivity contribution in [2.45, 2.75) is 6.42 Å². The van der Waals surface area contributed by atoms with Crippen LogP contribution in [0.3, 0.4) is 0 Å². The summed E-state index contributed by atoms with van der Waals surface area (Å²) in [6.07, 6.45) is 4.46. The minimum Gasteiger partial charge on any atom is -0.497 e. The Hall–Kier alpha value is -2.60. The van der Waals surface area contributed by atoms with E-state index in [0.29, 0.717) is 19.7 Å². The third kappa shape index (κ3) is 7.22. The quantitative estimate of drug-likeness (QED) is 0.666. The molecule has 25 heavy (non-hydrogen) atoms. The van der Waals surface area contributed by atoms with E-state index < -0.39 is 0 Å². The number of likely N-dealkylation sites (N-methyl/N-ethyl adjacent to an activating group) is 1. The molecule has 1 N–H and O–H groups in total. The van der Waals surface area contributed by atoms with Gasteiger partial charge in [-0.25, -0.2) is 0 Å². The number of ether oxygens (including phenoxy) is 2. The topological polar surface area (TPSA) is 63.7 Å². The molecule has 1 aromatic carbocycles. The number of carbonyl (C=O) groups excluding carboxylic acids is 1. The largest absolute Gasteiger partial charge is 0.497 e. The molecular formula is C19H25N3O3. The van der Waals surface area contributed by atoms with E-state index in [-0.39, 0.29) is 5.91 Å². The van der Waals surface area contributed by atoms with Gasteiger partial charge in [0.1, 0.15) is 18.1 Å². The lowest BCUT2D eigenvalue weighted by atomic mass is 10.2. The molecule has 134 valence electrons. The van der Waals surface area contributed by atoms with Crippen LogP contribution in [-0.4, -0.2) is 56.2 Å². The highest BCUT2D eigenvalue weighted by molar-refractivity contribution is 5.77. The van der Waals surface area contributed by atoms with Crippen molar-refractivity contribution in [3.05, 3.63) is 54.4 Å². The van der Waals surface area contributed by atoms with Gasteiger partial charge in [0.2, 0.25) is 5.91 Å². The van der Waals surface area contributed by atoms with Gasteiger partial charge in [-0.1, -0.05) is 0 Å². The van der Waals surface area contributed by atoms with Crippen LogP contribution in [0.2, 0.25) is 0 Å². The van der Waals surface area contributed by atoms with Crippen LogP contribution in [0.5, 0.6) is 11.5 Å². The van der Waals surface area contributed by atoms with Gasteiger partial charge in [-0.2, -0.15) is 0 Å². The molecule has 0 radical (unpaired) electrons. The van der Waals surface area contributed by atoms with Gasteiger partial charge in [-0.3, -0.25) is 14.7 Å². The molecule has 6 heteroatoms. The summed E-state index contributed by atoms with van der Waals surface area (Å²) >= 11 is 0. The highest BCUT2D eigenvalue weighted by Crippen LogP contribution is 2.16. The van der Waals surface area contributed by atoms with E-state index in [1.165, 1.54) is 5.56 Å². The Morgan fingerprint density at radius 3 is 2.48 bits per heavy atom. The number of carbonyl (C=O) groups is 1. The SMILES string of the molecule is COc1ccc(OCCNC(=O)CN(C)CCc2ccncc2)cc1. The molecule has 1 heterocycles. The molecule has 2 aromatic rings. The summed E-state index contributed by atoms with van der Waals surface area (Å²) in [5.74, 6) is 1.54. The van der Waals surface area contributed by atoms with Crippen molar-refractivity contribution in [2.24, 2.45) is 0 Å². The highest BCUT2D eigenvalue weighted by Gasteiger charge is 2.06. The first-order valence-corrected chi connectivity index (χ1v) is 8.28. The van der Waals surface area contributed by atoms with Crippen LogP contribution < -0.4 is 14.8 Å². The molecule has 0 aliphatic carbocycles. The molecule has 0 spiro atoms. The minimum absolute atomic E-state index is 0.00411. The average Bonchev–Trinajstić information content (AvgIpc) is 2.65. The van der Waals surface area contributed by atoms with Gasteiger partial charge in [0.05, 0.1) is 20.2 Å². The molecule has 0 aliphatic rings. The zero-order valence-corrected chi connectivity index (χ0v) is 14.8. The fourth-order valence-corrected chi connectivity index (χ4v) is 2.28. The summed E-state index contributed by atoms with van der Waals surface area (Å²) in [4.78, 5) is 17.9. The summed E-state index contributed by atoms with van der Waals surface area (Å²) in [5, 5.41) is 2.86. The van der Waals surface area contributed by atoms with Gasteiger partial charge < -0.3 is 14.8 Å². The third-order valence-corrected chi connectivity index (χ3v) is 3.70. The number of amides is 1. The van der Waals surface area contributed by atoms with Gasteiger partial charge in [-0.05, 0) is 55.4 Å². The molecule has 6 nitrogen and oxygen atoms in total. The molecule has 0 unspecified atom stereocenters. The smallest absolute Gasteiger partial charge is 0.234 e. The third-order valence-electron chi connectivity index (χ3n) is 3.70. The lowest BCUT2D eigenvalue weighted by Crippen LogP contribution is -2.37. The van der Waals surface area contributed by atoms with E-state index in [4.69, 9.17) is 9.47 Å². The summed E-state index contributed by atoms with van der Waals surface area (Å²) in [5.41, 5.74) is 1.22. The molecule has 0 saturated carbocycles. The number of nitrogens with one attached hydrogen (secondary N) is 1. The first-order valence-electron chi connectivity index (χ1n) is 8.28. The Morgan fingerprint density at radius 1 is 1.12 bits per heavy atom. The van der Waals surface area contributed by atoms with Crippen molar-refractivity contribution in [1.29, 1.82) is 0 Å². The van der Waals surface area contributed by atoms with E-state index in [1.54, 1.807) is 19.5 Å². The summed E-state index contributed by atoms with van der Waals surface area (Å²) in [6, 6.07) is 11.3. The molecule has 0 atom stereocenters. The summed E-state index contributed by atoms with van der Waals surface area (Å²) in [6.45, 7) is 2.09. The minimum atomic E-state index is -0.00411. The Bertz CT molecular complexity index is 632. The molecular weight excluding hydrogens is 318 g/mol. The van der Waals surface area contributed by atoms with Crippen LogP contribution in [-0.2, 0) is 11.2 Å². The Kier molecular flexibility index (Phi) is 7.72. The maximum atomic E-state index is 11.9. The second-order valence-electron chi connectivity index (χ2n) is 5.72. The molecule has 0 saturated heterocycles. The van der Waals surface area contributed by atoms with E-state index in [2.05, 4.69) is 10.3 Å². The molecule has 1 amide bonds. The number of methoxy groups -OCH3 is 1. The van der Waals surface area contributed by atoms with Crippen molar-refractivity contribution in [3.63, 3.8) is 0 Å². The van der Waals surface area contributed by atoms with E-state index in [1.807, 2.05) is 48.3 Å². The summed E-state index contributed by atoms with van der Waals surface area (Å²) < 4.78 is 10.7. The molecule has 0 aliphatic heterocycles. The van der Waals surface area contributed by atoms with Crippen LogP contribution in [0.1, 0.15) is 5.56 Å². The number of nitrogens with zero attached hydrogens (tertiary/aromatic N) is 2. The predicted octanol–water partition coefficient (Wildman–Crippen LogP) is 1.76. The number of aromatic nitrogens is 1. The standard InChI is InChI=1S/C19H25N3O3/c1-22(13-9-16-7-10-20-11-8-16)15-19(23)21-12-14-25-18-5-3-17(24-2)4-6-18/h3-8,10-11H,9,12-15H2,1-2H3,(H,21,23). The Labute approximate surface area is 148 Å². The number of pyridine rings is 1. The monoisotopic (exact) mass is 343 g/mol. The van der Waals surface area contributed by atoms with Crippen molar-refractivity contribution in [3.8, 4) is 11.5 Å². The second-order valence-corrected chi connectivity index (χ2v) is 5.72. The highest BCUT2D eigenvalue weighted by atomic mass is 16.5. The van der Waals surface area contributed by atoms with Crippen molar-refractivity contribution < 1.29 is 14.3 Å². The van der Waals surface area contributed by atoms with E-state index in [0.717, 1.165) is 24.5 Å². The zero-order chi connectivity index (χ0) is 17.9. The zero-order valence-electron chi connectivity index (χ0n) is 14.8. The lowest BCUT2D eigenvalue weighted by Gasteiger charge is -2.16. The van der Waals surface area contributed by atoms with E-state index >= 15 is 0 Å². The van der Waals surface area contributed by atoms with Crippen LogP contribution in [0.25, 0.3) is 0 Å². The number of rotatable bonds is 10. The van der Waals surface area contributed by atoms with Crippen molar-refractivity contribution >= 4 is 5.91 Å². The lowest BCUT2D eigenvalue weighted by molar-refractivity contribution is -0.122. The van der Waals surface area contributed by atoms with Crippen LogP contribution in [0, 0.1) is 0 Å². The molecule has 1 aromatic heterocycles. The van der Waals surface area contributed by atoms with Crippen LogP contribution in [0.4, 0.5) is 0 Å². The maximum absolute atomic E-state index is 11.9. The van der Waals surface area contributed by atoms with Gasteiger partial charge in [-0.15, -0.1) is 0 Å². The van der Waals surface area contributed by atoms with Crippen molar-refractivity contribution in [1.82, 2.24) is 15.2 Å². The number of hydrogen-bond acceptors (Lipinski definition) is 5. The van der Waals surface area contributed by atoms with Gasteiger partial charge in [0.15, 0.2) is 0 Å². The maximum Gasteiger partial charge on any atom is 0.234 e.